The van der Waals surface area contributed by atoms with Gasteiger partial charge in [-0.1, -0.05) is 0 Å². The van der Waals surface area contributed by atoms with Crippen molar-refractivity contribution in [2.24, 2.45) is 0 Å². The van der Waals surface area contributed by atoms with Gasteiger partial charge in [-0.15, -0.1) is 12.6 Å². The highest BCUT2D eigenvalue weighted by Crippen LogP contribution is 2.21. The lowest BCUT2D eigenvalue weighted by atomic mass is 10.2. The van der Waals surface area contributed by atoms with Crippen molar-refractivity contribution in [3.8, 4) is 0 Å². The monoisotopic (exact) mass is 194 g/mol. The fourth-order valence-corrected chi connectivity index (χ4v) is 1.35. The Balaban J connectivity index is 2.68. The summed E-state index contributed by atoms with van der Waals surface area (Å²) in [5, 5.41) is 9.40. The van der Waals surface area contributed by atoms with E-state index in [9.17, 15) is 4.79 Å². The summed E-state index contributed by atoms with van der Waals surface area (Å²) in [6, 6.07) is 6.69. The molecule has 1 N–H and O–H groups in total. The second kappa shape index (κ2) is 2.81. The lowest BCUT2D eigenvalue weighted by Gasteiger charge is -1.88. The molecule has 0 saturated heterocycles. The van der Waals surface area contributed by atoms with Crippen LogP contribution in [-0.2, 0) is 0 Å². The molecule has 2 aromatic rings. The van der Waals surface area contributed by atoms with Crippen molar-refractivity contribution in [2.45, 2.75) is 4.90 Å². The maximum Gasteiger partial charge on any atom is 0.371 e. The summed E-state index contributed by atoms with van der Waals surface area (Å²) in [7, 11) is 0. The molecule has 0 spiro atoms. The van der Waals surface area contributed by atoms with Gasteiger partial charge in [-0.2, -0.15) is 0 Å². The van der Waals surface area contributed by atoms with Crippen LogP contribution in [-0.4, -0.2) is 11.1 Å². The molecular formula is C9H6O3S. The summed E-state index contributed by atoms with van der Waals surface area (Å²) in [5.41, 5.74) is 0.565. The molecule has 4 heteroatoms. The molecule has 0 aliphatic heterocycles. The van der Waals surface area contributed by atoms with Crippen LogP contribution in [0.15, 0.2) is 33.6 Å². The zero-order valence-corrected chi connectivity index (χ0v) is 7.41. The molecule has 0 atom stereocenters. The van der Waals surface area contributed by atoms with Gasteiger partial charge < -0.3 is 9.52 Å². The van der Waals surface area contributed by atoms with E-state index in [1.807, 2.05) is 0 Å². The maximum absolute atomic E-state index is 10.5. The molecule has 0 radical (unpaired) electrons. The first-order chi connectivity index (χ1) is 6.16. The van der Waals surface area contributed by atoms with Crippen molar-refractivity contribution < 1.29 is 14.3 Å². The summed E-state index contributed by atoms with van der Waals surface area (Å²) in [6.45, 7) is 0. The normalized spacial score (nSPS) is 10.5. The highest BCUT2D eigenvalue weighted by Gasteiger charge is 2.09. The molecule has 1 aromatic carbocycles. The average molecular weight is 194 g/mol. The second-order valence-electron chi connectivity index (χ2n) is 2.64. The van der Waals surface area contributed by atoms with E-state index in [-0.39, 0.29) is 5.76 Å². The Hall–Kier alpha value is -1.42. The standard InChI is InChI=1S/C9H6O3S/c10-9(11)8-4-5-3-6(13)1-2-7(5)12-8/h1-4,13H,(H,10,11). The highest BCUT2D eigenvalue weighted by molar-refractivity contribution is 7.80. The molecule has 0 bridgehead atoms. The van der Waals surface area contributed by atoms with Crippen molar-refractivity contribution in [3.05, 3.63) is 30.0 Å². The van der Waals surface area contributed by atoms with Crippen LogP contribution in [0.3, 0.4) is 0 Å². The zero-order chi connectivity index (χ0) is 9.42. The van der Waals surface area contributed by atoms with Crippen molar-refractivity contribution in [1.29, 1.82) is 0 Å². The molecule has 1 aromatic heterocycles. The largest absolute Gasteiger partial charge is 0.475 e. The lowest BCUT2D eigenvalue weighted by molar-refractivity contribution is 0.0665. The van der Waals surface area contributed by atoms with Gasteiger partial charge >= 0.3 is 5.97 Å². The van der Waals surface area contributed by atoms with Gasteiger partial charge in [-0.25, -0.2) is 4.79 Å². The molecule has 0 aliphatic carbocycles. The first kappa shape index (κ1) is 8.19. The van der Waals surface area contributed by atoms with E-state index in [2.05, 4.69) is 12.6 Å². The Kier molecular flexibility index (Phi) is 1.77. The topological polar surface area (TPSA) is 50.4 Å². The number of carbonyl (C=O) groups is 1. The quantitative estimate of drug-likeness (QED) is 0.685. The van der Waals surface area contributed by atoms with Crippen molar-refractivity contribution in [2.75, 3.05) is 0 Å². The van der Waals surface area contributed by atoms with Crippen LogP contribution in [0.4, 0.5) is 0 Å². The van der Waals surface area contributed by atoms with Gasteiger partial charge in [-0.3, -0.25) is 0 Å². The minimum absolute atomic E-state index is 0.0473. The van der Waals surface area contributed by atoms with Crippen LogP contribution in [0.5, 0.6) is 0 Å². The van der Waals surface area contributed by atoms with Gasteiger partial charge in [-0.05, 0) is 24.3 Å². The second-order valence-corrected chi connectivity index (χ2v) is 3.15. The number of thiol groups is 1. The zero-order valence-electron chi connectivity index (χ0n) is 6.52. The smallest absolute Gasteiger partial charge is 0.371 e. The number of carboxylic acids is 1. The number of aromatic carboxylic acids is 1. The summed E-state index contributed by atoms with van der Waals surface area (Å²) in [4.78, 5) is 11.3. The number of fused-ring (bicyclic) bond motifs is 1. The van der Waals surface area contributed by atoms with Gasteiger partial charge in [0, 0.05) is 10.3 Å². The first-order valence-corrected chi connectivity index (χ1v) is 4.07. The molecule has 0 amide bonds. The van der Waals surface area contributed by atoms with Gasteiger partial charge in [0.25, 0.3) is 0 Å². The lowest BCUT2D eigenvalue weighted by Crippen LogP contribution is -1.91. The molecule has 3 nitrogen and oxygen atoms in total. The van der Waals surface area contributed by atoms with E-state index >= 15 is 0 Å². The van der Waals surface area contributed by atoms with Crippen LogP contribution in [0, 0.1) is 0 Å². The Morgan fingerprint density at radius 1 is 1.38 bits per heavy atom. The molecule has 0 aliphatic rings. The Labute approximate surface area is 79.4 Å². The van der Waals surface area contributed by atoms with Crippen LogP contribution in [0.2, 0.25) is 0 Å². The van der Waals surface area contributed by atoms with E-state index in [1.165, 1.54) is 6.07 Å². The maximum atomic E-state index is 10.5. The van der Waals surface area contributed by atoms with Crippen molar-refractivity contribution in [1.82, 2.24) is 0 Å². The van der Waals surface area contributed by atoms with Gasteiger partial charge in [0.05, 0.1) is 0 Å². The molecular weight excluding hydrogens is 188 g/mol. The fourth-order valence-electron chi connectivity index (χ4n) is 1.14. The van der Waals surface area contributed by atoms with Crippen LogP contribution < -0.4 is 0 Å². The number of hydrogen-bond acceptors (Lipinski definition) is 3. The average Bonchev–Trinajstić information content (AvgIpc) is 2.46. The minimum atomic E-state index is -1.06. The minimum Gasteiger partial charge on any atom is -0.475 e. The molecule has 66 valence electrons. The number of rotatable bonds is 1. The molecule has 0 unspecified atom stereocenters. The van der Waals surface area contributed by atoms with Crippen molar-refractivity contribution in [3.63, 3.8) is 0 Å². The van der Waals surface area contributed by atoms with Crippen LogP contribution in [0.1, 0.15) is 10.6 Å². The SMILES string of the molecule is O=C(O)c1cc2cc(S)ccc2o1. The highest BCUT2D eigenvalue weighted by atomic mass is 32.1. The number of carboxylic acid groups (broad SMARTS) is 1. The van der Waals surface area contributed by atoms with Gasteiger partial charge in [0.2, 0.25) is 5.76 Å². The molecule has 13 heavy (non-hydrogen) atoms. The summed E-state index contributed by atoms with van der Waals surface area (Å²) >= 11 is 4.13. The van der Waals surface area contributed by atoms with Crippen molar-refractivity contribution >= 4 is 29.6 Å². The predicted molar refractivity (Wildman–Crippen MR) is 50.4 cm³/mol. The summed E-state index contributed by atoms with van der Waals surface area (Å²) in [6.07, 6.45) is 0. The number of furan rings is 1. The van der Waals surface area contributed by atoms with Gasteiger partial charge in [0.15, 0.2) is 0 Å². The van der Waals surface area contributed by atoms with E-state index in [0.717, 1.165) is 10.3 Å². The van der Waals surface area contributed by atoms with E-state index in [0.29, 0.717) is 5.58 Å². The van der Waals surface area contributed by atoms with E-state index < -0.39 is 5.97 Å². The predicted octanol–water partition coefficient (Wildman–Crippen LogP) is 2.42. The van der Waals surface area contributed by atoms with E-state index in [4.69, 9.17) is 9.52 Å². The number of benzene rings is 1. The first-order valence-electron chi connectivity index (χ1n) is 3.62. The fraction of sp³-hybridized carbons (Fsp3) is 0. The summed E-state index contributed by atoms with van der Waals surface area (Å²) < 4.78 is 5.05. The third kappa shape index (κ3) is 1.40. The third-order valence-corrected chi connectivity index (χ3v) is 1.99. The third-order valence-electron chi connectivity index (χ3n) is 1.71. The van der Waals surface area contributed by atoms with Gasteiger partial charge in [0.1, 0.15) is 5.58 Å². The Morgan fingerprint density at radius 3 is 2.85 bits per heavy atom. The molecule has 1 heterocycles. The van der Waals surface area contributed by atoms with E-state index in [1.54, 1.807) is 18.2 Å². The molecule has 0 fully saturated rings. The Morgan fingerprint density at radius 2 is 2.15 bits per heavy atom. The summed E-state index contributed by atoms with van der Waals surface area (Å²) in [5.74, 6) is -1.11. The molecule has 0 saturated carbocycles. The van der Waals surface area contributed by atoms with Crippen LogP contribution in [0.25, 0.3) is 11.0 Å². The number of hydrogen-bond donors (Lipinski definition) is 2. The van der Waals surface area contributed by atoms with Crippen LogP contribution >= 0.6 is 12.6 Å². The Bertz CT molecular complexity index is 473. The molecule has 2 rings (SSSR count).